The predicted molar refractivity (Wildman–Crippen MR) is 83.0 cm³/mol. The molecule has 4 nitrogen and oxygen atoms in total. The van der Waals surface area contributed by atoms with Crippen LogP contribution in [-0.2, 0) is 0 Å². The van der Waals surface area contributed by atoms with Gasteiger partial charge in [0.05, 0.1) is 27.6 Å². The van der Waals surface area contributed by atoms with Gasteiger partial charge in [0, 0.05) is 16.6 Å². The van der Waals surface area contributed by atoms with Gasteiger partial charge >= 0.3 is 0 Å². The molecule has 0 unspecified atom stereocenters. The van der Waals surface area contributed by atoms with E-state index in [1.54, 1.807) is 22.7 Å². The molecule has 0 radical (unpaired) electrons. The summed E-state index contributed by atoms with van der Waals surface area (Å²) in [5.74, 6) is 0.822. The molecule has 0 saturated carbocycles. The molecule has 0 saturated heterocycles. The standard InChI is InChI=1S/C14H10N4S2/c1-8-6-19-14(17-8)13-15-5-11(18-13)9-2-3-10-12(4-9)20-7-16-10/h2-7H,1H3,(H,15,18). The van der Waals surface area contributed by atoms with Crippen molar-refractivity contribution in [3.8, 4) is 22.1 Å². The van der Waals surface area contributed by atoms with Gasteiger partial charge in [0.15, 0.2) is 10.8 Å². The van der Waals surface area contributed by atoms with E-state index in [1.807, 2.05) is 30.1 Å². The lowest BCUT2D eigenvalue weighted by molar-refractivity contribution is 1.22. The van der Waals surface area contributed by atoms with Crippen LogP contribution in [-0.4, -0.2) is 19.9 Å². The van der Waals surface area contributed by atoms with Crippen molar-refractivity contribution in [3.63, 3.8) is 0 Å². The van der Waals surface area contributed by atoms with Crippen molar-refractivity contribution in [1.82, 2.24) is 19.9 Å². The van der Waals surface area contributed by atoms with E-state index in [2.05, 4.69) is 32.1 Å². The van der Waals surface area contributed by atoms with Gasteiger partial charge in [-0.05, 0) is 19.1 Å². The Kier molecular flexibility index (Phi) is 2.64. The van der Waals surface area contributed by atoms with Gasteiger partial charge in [0.2, 0.25) is 0 Å². The third-order valence-corrected chi connectivity index (χ3v) is 4.80. The van der Waals surface area contributed by atoms with Crippen molar-refractivity contribution >= 4 is 32.9 Å². The lowest BCUT2D eigenvalue weighted by Crippen LogP contribution is -1.81. The zero-order valence-corrected chi connectivity index (χ0v) is 12.3. The molecule has 1 N–H and O–H groups in total. The summed E-state index contributed by atoms with van der Waals surface area (Å²) in [5, 5.41) is 2.95. The smallest absolute Gasteiger partial charge is 0.167 e. The Morgan fingerprint density at radius 1 is 1.15 bits per heavy atom. The highest BCUT2D eigenvalue weighted by Gasteiger charge is 2.09. The number of imidazole rings is 1. The van der Waals surface area contributed by atoms with E-state index >= 15 is 0 Å². The first kappa shape index (κ1) is 11.7. The van der Waals surface area contributed by atoms with Crippen LogP contribution in [0.2, 0.25) is 0 Å². The summed E-state index contributed by atoms with van der Waals surface area (Å²) in [6.45, 7) is 1.99. The molecule has 0 amide bonds. The average Bonchev–Trinajstić information content (AvgIpc) is 3.17. The van der Waals surface area contributed by atoms with Crippen LogP contribution in [0.1, 0.15) is 5.69 Å². The maximum absolute atomic E-state index is 4.45. The number of aromatic amines is 1. The van der Waals surface area contributed by atoms with E-state index in [0.717, 1.165) is 33.3 Å². The molecule has 20 heavy (non-hydrogen) atoms. The number of rotatable bonds is 2. The zero-order valence-electron chi connectivity index (χ0n) is 10.6. The zero-order chi connectivity index (χ0) is 13.5. The second-order valence-electron chi connectivity index (χ2n) is 4.47. The number of aryl methyl sites for hydroxylation is 1. The maximum atomic E-state index is 4.45. The van der Waals surface area contributed by atoms with Crippen LogP contribution in [0.25, 0.3) is 32.3 Å². The van der Waals surface area contributed by atoms with E-state index in [0.29, 0.717) is 0 Å². The van der Waals surface area contributed by atoms with Crippen molar-refractivity contribution in [2.24, 2.45) is 0 Å². The summed E-state index contributed by atoms with van der Waals surface area (Å²) in [4.78, 5) is 16.5. The van der Waals surface area contributed by atoms with Crippen molar-refractivity contribution in [2.45, 2.75) is 6.92 Å². The molecule has 4 aromatic rings. The fourth-order valence-electron chi connectivity index (χ4n) is 2.06. The number of nitrogens with one attached hydrogen (secondary N) is 1. The number of hydrogen-bond acceptors (Lipinski definition) is 5. The Bertz CT molecular complexity index is 887. The summed E-state index contributed by atoms with van der Waals surface area (Å²) in [7, 11) is 0. The van der Waals surface area contributed by atoms with Crippen molar-refractivity contribution in [2.75, 3.05) is 0 Å². The minimum absolute atomic E-state index is 0.822. The fourth-order valence-corrected chi connectivity index (χ4v) is 3.53. The first-order valence-electron chi connectivity index (χ1n) is 6.11. The number of nitrogens with zero attached hydrogens (tertiary/aromatic N) is 3. The monoisotopic (exact) mass is 298 g/mol. The fraction of sp³-hybridized carbons (Fsp3) is 0.0714. The molecule has 98 valence electrons. The Balaban J connectivity index is 1.77. The van der Waals surface area contributed by atoms with Crippen LogP contribution in [0.15, 0.2) is 35.3 Å². The van der Waals surface area contributed by atoms with Gasteiger partial charge in [0.1, 0.15) is 0 Å². The number of benzene rings is 1. The normalized spacial score (nSPS) is 11.2. The molecular weight excluding hydrogens is 288 g/mol. The SMILES string of the molecule is Cc1csc(-c2ncc(-c3ccc4ncsc4c3)[nH]2)n1. The molecular formula is C14H10N4S2. The summed E-state index contributed by atoms with van der Waals surface area (Å²) in [6, 6.07) is 6.24. The topological polar surface area (TPSA) is 54.5 Å². The highest BCUT2D eigenvalue weighted by atomic mass is 32.1. The molecule has 0 spiro atoms. The van der Waals surface area contributed by atoms with Crippen LogP contribution in [0.5, 0.6) is 0 Å². The highest BCUT2D eigenvalue weighted by molar-refractivity contribution is 7.16. The molecule has 0 aliphatic rings. The molecule has 0 bridgehead atoms. The van der Waals surface area contributed by atoms with Gasteiger partial charge in [-0.15, -0.1) is 22.7 Å². The number of H-pyrrole nitrogens is 1. The van der Waals surface area contributed by atoms with Crippen LogP contribution in [0, 0.1) is 6.92 Å². The lowest BCUT2D eigenvalue weighted by Gasteiger charge is -1.97. The molecule has 0 aliphatic carbocycles. The van der Waals surface area contributed by atoms with Gasteiger partial charge in [-0.1, -0.05) is 6.07 Å². The molecule has 3 heterocycles. The molecule has 6 heteroatoms. The van der Waals surface area contributed by atoms with Crippen LogP contribution in [0.4, 0.5) is 0 Å². The van der Waals surface area contributed by atoms with Crippen LogP contribution >= 0.6 is 22.7 Å². The third-order valence-electron chi connectivity index (χ3n) is 3.04. The van der Waals surface area contributed by atoms with E-state index in [1.165, 1.54) is 4.70 Å². The Hall–Kier alpha value is -2.05. The Labute approximate surface area is 123 Å². The largest absolute Gasteiger partial charge is 0.336 e. The summed E-state index contributed by atoms with van der Waals surface area (Å²) >= 11 is 3.25. The van der Waals surface area contributed by atoms with Crippen LogP contribution < -0.4 is 0 Å². The minimum atomic E-state index is 0.822. The van der Waals surface area contributed by atoms with Gasteiger partial charge in [-0.3, -0.25) is 0 Å². The average molecular weight is 298 g/mol. The maximum Gasteiger partial charge on any atom is 0.167 e. The minimum Gasteiger partial charge on any atom is -0.336 e. The molecule has 3 aromatic heterocycles. The van der Waals surface area contributed by atoms with Gasteiger partial charge < -0.3 is 4.98 Å². The van der Waals surface area contributed by atoms with Crippen molar-refractivity contribution in [3.05, 3.63) is 41.0 Å². The first-order valence-corrected chi connectivity index (χ1v) is 7.87. The number of fused-ring (bicyclic) bond motifs is 1. The summed E-state index contributed by atoms with van der Waals surface area (Å²) < 4.78 is 1.18. The van der Waals surface area contributed by atoms with E-state index in [9.17, 15) is 0 Å². The number of thiazole rings is 2. The quantitative estimate of drug-likeness (QED) is 0.605. The highest BCUT2D eigenvalue weighted by Crippen LogP contribution is 2.27. The first-order chi connectivity index (χ1) is 9.79. The van der Waals surface area contributed by atoms with Crippen molar-refractivity contribution in [1.29, 1.82) is 0 Å². The molecule has 1 aromatic carbocycles. The Morgan fingerprint density at radius 3 is 2.95 bits per heavy atom. The van der Waals surface area contributed by atoms with Crippen molar-refractivity contribution < 1.29 is 0 Å². The summed E-state index contributed by atoms with van der Waals surface area (Å²) in [5.41, 5.74) is 6.05. The number of aromatic nitrogens is 4. The number of hydrogen-bond donors (Lipinski definition) is 1. The second-order valence-corrected chi connectivity index (χ2v) is 6.22. The summed E-state index contributed by atoms with van der Waals surface area (Å²) in [6.07, 6.45) is 1.86. The third kappa shape index (κ3) is 1.93. The van der Waals surface area contributed by atoms with E-state index in [4.69, 9.17) is 0 Å². The van der Waals surface area contributed by atoms with Gasteiger partial charge in [-0.2, -0.15) is 0 Å². The van der Waals surface area contributed by atoms with Gasteiger partial charge in [0.25, 0.3) is 0 Å². The molecule has 0 fully saturated rings. The molecule has 0 atom stereocenters. The van der Waals surface area contributed by atoms with E-state index in [-0.39, 0.29) is 0 Å². The molecule has 0 aliphatic heterocycles. The molecule has 4 rings (SSSR count). The predicted octanol–water partition coefficient (Wildman–Crippen LogP) is 4.12. The second kappa shape index (κ2) is 4.50. The lowest BCUT2D eigenvalue weighted by atomic mass is 10.1. The Morgan fingerprint density at radius 2 is 2.10 bits per heavy atom. The van der Waals surface area contributed by atoms with Crippen LogP contribution in [0.3, 0.4) is 0 Å². The van der Waals surface area contributed by atoms with Gasteiger partial charge in [-0.25, -0.2) is 15.0 Å². The van der Waals surface area contributed by atoms with E-state index < -0.39 is 0 Å².